The molecule has 0 unspecified atom stereocenters. The van der Waals surface area contributed by atoms with E-state index < -0.39 is 0 Å². The first kappa shape index (κ1) is 15.9. The maximum atomic E-state index is 9.75. The highest BCUT2D eigenvalue weighted by molar-refractivity contribution is 5.94. The van der Waals surface area contributed by atoms with E-state index in [9.17, 15) is 5.26 Å². The van der Waals surface area contributed by atoms with E-state index in [1.165, 1.54) is 0 Å². The molecule has 0 aliphatic heterocycles. The van der Waals surface area contributed by atoms with Crippen molar-refractivity contribution in [2.75, 3.05) is 12.3 Å². The molecule has 1 aromatic heterocycles. The summed E-state index contributed by atoms with van der Waals surface area (Å²) in [5, 5.41) is 10.7. The fraction of sp³-hybridized carbons (Fsp3) is 0.250. The molecule has 1 aromatic carbocycles. The van der Waals surface area contributed by atoms with E-state index in [-0.39, 0.29) is 0 Å². The Bertz CT molecular complexity index is 907. The molecule has 0 saturated heterocycles. The van der Waals surface area contributed by atoms with Crippen LogP contribution in [0.3, 0.4) is 0 Å². The fourth-order valence-electron chi connectivity index (χ4n) is 3.19. The minimum absolute atomic E-state index is 0.636. The number of nitrogen functional groups attached to an aromatic ring is 1. The summed E-state index contributed by atoms with van der Waals surface area (Å²) in [6.45, 7) is 5.47. The van der Waals surface area contributed by atoms with E-state index in [4.69, 9.17) is 10.5 Å². The highest BCUT2D eigenvalue weighted by Gasteiger charge is 2.19. The van der Waals surface area contributed by atoms with Gasteiger partial charge in [-0.25, -0.2) is 0 Å². The van der Waals surface area contributed by atoms with Gasteiger partial charge in [0.05, 0.1) is 23.4 Å². The number of aromatic nitrogens is 1. The number of nitriles is 1. The van der Waals surface area contributed by atoms with Crippen molar-refractivity contribution < 1.29 is 4.74 Å². The van der Waals surface area contributed by atoms with Crippen molar-refractivity contribution in [1.82, 2.24) is 4.57 Å². The van der Waals surface area contributed by atoms with Gasteiger partial charge in [-0.05, 0) is 56.2 Å². The molecular weight excluding hydrogens is 298 g/mol. The average Bonchev–Trinajstić information content (AvgIpc) is 2.71. The first-order valence-corrected chi connectivity index (χ1v) is 8.22. The van der Waals surface area contributed by atoms with Gasteiger partial charge in [-0.3, -0.25) is 0 Å². The van der Waals surface area contributed by atoms with E-state index in [2.05, 4.69) is 29.7 Å². The van der Waals surface area contributed by atoms with Gasteiger partial charge in [0, 0.05) is 17.6 Å². The summed E-state index contributed by atoms with van der Waals surface area (Å²) in [4.78, 5) is 0. The van der Waals surface area contributed by atoms with Gasteiger partial charge in [0.2, 0.25) is 0 Å². The van der Waals surface area contributed by atoms with Crippen molar-refractivity contribution in [3.8, 4) is 6.07 Å². The summed E-state index contributed by atoms with van der Waals surface area (Å²) >= 11 is 0. The minimum atomic E-state index is 0.636. The van der Waals surface area contributed by atoms with Gasteiger partial charge in [0.1, 0.15) is 11.8 Å². The highest BCUT2D eigenvalue weighted by atomic mass is 16.5. The summed E-state index contributed by atoms with van der Waals surface area (Å²) < 4.78 is 7.75. The lowest BCUT2D eigenvalue weighted by Crippen LogP contribution is -2.01. The van der Waals surface area contributed by atoms with Crippen molar-refractivity contribution in [3.05, 3.63) is 59.5 Å². The number of aryl methyl sites for hydroxylation is 1. The molecule has 0 radical (unpaired) electrons. The van der Waals surface area contributed by atoms with Crippen LogP contribution < -0.4 is 5.73 Å². The van der Waals surface area contributed by atoms with E-state index in [0.29, 0.717) is 17.9 Å². The Kier molecular flexibility index (Phi) is 4.43. The Labute approximate surface area is 142 Å². The Morgan fingerprint density at radius 3 is 2.83 bits per heavy atom. The number of nitrogens with zero attached hydrogens (tertiary/aromatic N) is 2. The number of ether oxygens (including phenoxy) is 1. The molecule has 2 aromatic rings. The van der Waals surface area contributed by atoms with Crippen LogP contribution in [0.2, 0.25) is 0 Å². The van der Waals surface area contributed by atoms with Gasteiger partial charge in [0.25, 0.3) is 0 Å². The van der Waals surface area contributed by atoms with E-state index in [0.717, 1.165) is 40.9 Å². The van der Waals surface area contributed by atoms with Crippen molar-refractivity contribution in [3.63, 3.8) is 0 Å². The standard InChI is InChI=1S/C20H21N3O/c1-3-23-19-12-15(22)9-11-17(19)18(13-21)20(23)14-6-5-7-16(10-8-14)24-4-2/h5,7-12H,3-4,6,22H2,1-2H3. The number of nitrogens with two attached hydrogens (primary N) is 1. The van der Waals surface area contributed by atoms with Gasteiger partial charge in [-0.1, -0.05) is 12.2 Å². The Hall–Kier alpha value is -2.93. The Balaban J connectivity index is 2.23. The molecule has 0 bridgehead atoms. The molecule has 0 fully saturated rings. The molecular formula is C20H21N3O. The average molecular weight is 319 g/mol. The highest BCUT2D eigenvalue weighted by Crippen LogP contribution is 2.34. The molecule has 0 spiro atoms. The van der Waals surface area contributed by atoms with Crippen LogP contribution in [-0.2, 0) is 11.3 Å². The number of hydrogen-bond donors (Lipinski definition) is 1. The summed E-state index contributed by atoms with van der Waals surface area (Å²) in [6, 6.07) is 8.12. The molecule has 1 heterocycles. The molecule has 4 nitrogen and oxygen atoms in total. The first-order chi connectivity index (χ1) is 11.7. The number of fused-ring (bicyclic) bond motifs is 1. The predicted molar refractivity (Wildman–Crippen MR) is 98.2 cm³/mol. The van der Waals surface area contributed by atoms with Crippen LogP contribution in [0, 0.1) is 11.3 Å². The SMILES string of the molecule is CCOC1=CC=C(c2c(C#N)c3ccc(N)cc3n2CC)CC=C1. The first-order valence-electron chi connectivity index (χ1n) is 8.22. The third kappa shape index (κ3) is 2.69. The fourth-order valence-corrected chi connectivity index (χ4v) is 3.19. The van der Waals surface area contributed by atoms with Crippen LogP contribution in [0.15, 0.2) is 48.3 Å². The number of benzene rings is 1. The molecule has 122 valence electrons. The van der Waals surface area contributed by atoms with Crippen molar-refractivity contribution >= 4 is 22.2 Å². The van der Waals surface area contributed by atoms with Gasteiger partial charge in [-0.2, -0.15) is 5.26 Å². The zero-order chi connectivity index (χ0) is 17.1. The number of anilines is 1. The van der Waals surface area contributed by atoms with E-state index in [1.807, 2.05) is 37.3 Å². The lowest BCUT2D eigenvalue weighted by molar-refractivity contribution is 0.242. The number of allylic oxidation sites excluding steroid dienone is 5. The molecule has 2 N–H and O–H groups in total. The monoisotopic (exact) mass is 319 g/mol. The summed E-state index contributed by atoms with van der Waals surface area (Å²) in [7, 11) is 0. The van der Waals surface area contributed by atoms with Crippen LogP contribution in [0.4, 0.5) is 5.69 Å². The van der Waals surface area contributed by atoms with Crippen molar-refractivity contribution in [2.45, 2.75) is 26.8 Å². The maximum absolute atomic E-state index is 9.75. The molecule has 0 atom stereocenters. The van der Waals surface area contributed by atoms with E-state index >= 15 is 0 Å². The third-order valence-corrected chi connectivity index (χ3v) is 4.20. The van der Waals surface area contributed by atoms with Gasteiger partial charge >= 0.3 is 0 Å². The van der Waals surface area contributed by atoms with Crippen LogP contribution in [0.1, 0.15) is 31.5 Å². The molecule has 4 heteroatoms. The Morgan fingerprint density at radius 2 is 2.12 bits per heavy atom. The zero-order valence-electron chi connectivity index (χ0n) is 14.0. The zero-order valence-corrected chi connectivity index (χ0v) is 14.0. The number of hydrogen-bond acceptors (Lipinski definition) is 3. The molecule has 1 aliphatic carbocycles. The smallest absolute Gasteiger partial charge is 0.118 e. The quantitative estimate of drug-likeness (QED) is 0.851. The topological polar surface area (TPSA) is 64.0 Å². The second-order valence-electron chi connectivity index (χ2n) is 5.66. The van der Waals surface area contributed by atoms with Crippen LogP contribution in [0.5, 0.6) is 0 Å². The largest absolute Gasteiger partial charge is 0.494 e. The molecule has 1 aliphatic rings. The van der Waals surface area contributed by atoms with Crippen LogP contribution in [0.25, 0.3) is 16.5 Å². The molecule has 0 saturated carbocycles. The molecule has 0 amide bonds. The van der Waals surface area contributed by atoms with Gasteiger partial charge < -0.3 is 15.0 Å². The lowest BCUT2D eigenvalue weighted by atomic mass is 10.0. The van der Waals surface area contributed by atoms with Crippen molar-refractivity contribution in [1.29, 1.82) is 5.26 Å². The van der Waals surface area contributed by atoms with Crippen LogP contribution >= 0.6 is 0 Å². The van der Waals surface area contributed by atoms with E-state index in [1.54, 1.807) is 0 Å². The lowest BCUT2D eigenvalue weighted by Gasteiger charge is -2.10. The van der Waals surface area contributed by atoms with Crippen LogP contribution in [-0.4, -0.2) is 11.2 Å². The summed E-state index contributed by atoms with van der Waals surface area (Å²) in [5.74, 6) is 0.842. The summed E-state index contributed by atoms with van der Waals surface area (Å²) in [6.07, 6.45) is 8.84. The summed E-state index contributed by atoms with van der Waals surface area (Å²) in [5.41, 5.74) is 10.5. The third-order valence-electron chi connectivity index (χ3n) is 4.20. The molecule has 24 heavy (non-hydrogen) atoms. The normalized spacial score (nSPS) is 14.0. The minimum Gasteiger partial charge on any atom is -0.494 e. The second kappa shape index (κ2) is 6.67. The second-order valence-corrected chi connectivity index (χ2v) is 5.66. The van der Waals surface area contributed by atoms with Gasteiger partial charge in [-0.15, -0.1) is 0 Å². The molecule has 3 rings (SSSR count). The maximum Gasteiger partial charge on any atom is 0.118 e. The number of rotatable bonds is 4. The van der Waals surface area contributed by atoms with Gasteiger partial charge in [0.15, 0.2) is 0 Å². The predicted octanol–water partition coefficient (Wildman–Crippen LogP) is 4.38. The van der Waals surface area contributed by atoms with Crippen molar-refractivity contribution in [2.24, 2.45) is 0 Å². The Morgan fingerprint density at radius 1 is 1.29 bits per heavy atom.